The van der Waals surface area contributed by atoms with E-state index in [4.69, 9.17) is 14.5 Å². The number of rotatable bonds is 7. The molecular formula is C28H40N2O4. The van der Waals surface area contributed by atoms with Crippen LogP contribution in [0.15, 0.2) is 24.3 Å². The number of hydrogen-bond donors (Lipinski definition) is 1. The maximum atomic E-state index is 12.5. The zero-order valence-corrected chi connectivity index (χ0v) is 22.0. The number of ether oxygens (including phenoxy) is 2. The van der Waals surface area contributed by atoms with E-state index in [1.54, 1.807) is 0 Å². The molecule has 0 spiro atoms. The number of nitrogens with zero attached hydrogens (tertiary/aromatic N) is 2. The SMILES string of the molecule is CCOc1ccc(-c2c(C)nc(C)c(C(OC(C)(C)C)C(=O)O)c2N2CCC(C)(C)CC2)cc1. The van der Waals surface area contributed by atoms with Crippen LogP contribution < -0.4 is 9.64 Å². The minimum absolute atomic E-state index is 0.265. The quantitative estimate of drug-likeness (QED) is 0.512. The lowest BCUT2D eigenvalue weighted by Crippen LogP contribution is -2.39. The van der Waals surface area contributed by atoms with Gasteiger partial charge in [-0.15, -0.1) is 0 Å². The highest BCUT2D eigenvalue weighted by molar-refractivity contribution is 5.88. The fourth-order valence-electron chi connectivity index (χ4n) is 4.64. The van der Waals surface area contributed by atoms with Gasteiger partial charge in [0.2, 0.25) is 0 Å². The lowest BCUT2D eigenvalue weighted by molar-refractivity contribution is -0.160. The molecule has 0 radical (unpaired) electrons. The molecular weight excluding hydrogens is 428 g/mol. The molecule has 1 aromatic carbocycles. The molecule has 6 nitrogen and oxygen atoms in total. The molecule has 1 aromatic heterocycles. The normalized spacial score (nSPS) is 16.9. The predicted molar refractivity (Wildman–Crippen MR) is 137 cm³/mol. The smallest absolute Gasteiger partial charge is 0.337 e. The Kier molecular flexibility index (Phi) is 7.61. The van der Waals surface area contributed by atoms with Gasteiger partial charge in [0.15, 0.2) is 6.10 Å². The van der Waals surface area contributed by atoms with Gasteiger partial charge in [0.1, 0.15) is 5.75 Å². The van der Waals surface area contributed by atoms with E-state index >= 15 is 0 Å². The van der Waals surface area contributed by atoms with Gasteiger partial charge < -0.3 is 19.5 Å². The average molecular weight is 469 g/mol. The summed E-state index contributed by atoms with van der Waals surface area (Å²) in [6, 6.07) is 7.99. The first kappa shape index (κ1) is 26.0. The topological polar surface area (TPSA) is 71.9 Å². The molecule has 1 N–H and O–H groups in total. The van der Waals surface area contributed by atoms with E-state index in [1.165, 1.54) is 0 Å². The Bertz CT molecular complexity index is 1010. The van der Waals surface area contributed by atoms with E-state index in [2.05, 4.69) is 18.7 Å². The van der Waals surface area contributed by atoms with Crippen molar-refractivity contribution < 1.29 is 19.4 Å². The van der Waals surface area contributed by atoms with E-state index < -0.39 is 17.7 Å². The first-order chi connectivity index (χ1) is 15.8. The molecule has 2 heterocycles. The fraction of sp³-hybridized carbons (Fsp3) is 0.571. The summed E-state index contributed by atoms with van der Waals surface area (Å²) in [5.74, 6) is -0.190. The third-order valence-electron chi connectivity index (χ3n) is 6.42. The van der Waals surface area contributed by atoms with Gasteiger partial charge in [-0.05, 0) is 77.5 Å². The minimum atomic E-state index is -1.11. The van der Waals surface area contributed by atoms with Crippen molar-refractivity contribution in [2.45, 2.75) is 79.9 Å². The largest absolute Gasteiger partial charge is 0.494 e. The van der Waals surface area contributed by atoms with Crippen molar-refractivity contribution in [3.8, 4) is 16.9 Å². The van der Waals surface area contributed by atoms with Crippen LogP contribution in [-0.2, 0) is 9.53 Å². The summed E-state index contributed by atoms with van der Waals surface area (Å²) in [6.45, 7) is 18.4. The summed E-state index contributed by atoms with van der Waals surface area (Å²) in [5.41, 5.74) is 4.76. The monoisotopic (exact) mass is 468 g/mol. The summed E-state index contributed by atoms with van der Waals surface area (Å²) >= 11 is 0. The predicted octanol–water partition coefficient (Wildman–Crippen LogP) is 6.33. The van der Waals surface area contributed by atoms with Crippen molar-refractivity contribution in [1.29, 1.82) is 0 Å². The van der Waals surface area contributed by atoms with Gasteiger partial charge in [-0.1, -0.05) is 26.0 Å². The lowest BCUT2D eigenvalue weighted by atomic mass is 9.82. The fourth-order valence-corrected chi connectivity index (χ4v) is 4.64. The molecule has 1 atom stereocenters. The van der Waals surface area contributed by atoms with Gasteiger partial charge in [0.05, 0.1) is 17.9 Å². The number of anilines is 1. The molecule has 0 saturated carbocycles. The molecule has 1 aliphatic rings. The molecule has 2 aromatic rings. The molecule has 0 aliphatic carbocycles. The van der Waals surface area contributed by atoms with E-state index in [1.807, 2.05) is 65.8 Å². The van der Waals surface area contributed by atoms with Crippen LogP contribution in [0.2, 0.25) is 0 Å². The van der Waals surface area contributed by atoms with Crippen LogP contribution in [0, 0.1) is 19.3 Å². The average Bonchev–Trinajstić information content (AvgIpc) is 2.72. The molecule has 1 aliphatic heterocycles. The Balaban J connectivity index is 2.26. The van der Waals surface area contributed by atoms with Crippen molar-refractivity contribution in [3.63, 3.8) is 0 Å². The maximum Gasteiger partial charge on any atom is 0.337 e. The third-order valence-corrected chi connectivity index (χ3v) is 6.42. The number of aromatic nitrogens is 1. The van der Waals surface area contributed by atoms with Crippen LogP contribution in [0.4, 0.5) is 5.69 Å². The number of aryl methyl sites for hydroxylation is 2. The van der Waals surface area contributed by atoms with E-state index in [9.17, 15) is 9.90 Å². The van der Waals surface area contributed by atoms with Gasteiger partial charge in [-0.3, -0.25) is 4.98 Å². The second-order valence-corrected chi connectivity index (χ2v) is 11.0. The first-order valence-corrected chi connectivity index (χ1v) is 12.2. The van der Waals surface area contributed by atoms with Crippen molar-refractivity contribution in [2.75, 3.05) is 24.6 Å². The Morgan fingerprint density at radius 1 is 1.12 bits per heavy atom. The molecule has 1 unspecified atom stereocenters. The molecule has 34 heavy (non-hydrogen) atoms. The van der Waals surface area contributed by atoms with Crippen molar-refractivity contribution in [1.82, 2.24) is 4.98 Å². The zero-order chi connectivity index (χ0) is 25.3. The van der Waals surface area contributed by atoms with Gasteiger partial charge in [-0.25, -0.2) is 4.79 Å². The van der Waals surface area contributed by atoms with Crippen LogP contribution in [0.25, 0.3) is 11.1 Å². The van der Waals surface area contributed by atoms with Crippen LogP contribution in [0.5, 0.6) is 5.75 Å². The summed E-state index contributed by atoms with van der Waals surface area (Å²) in [5, 5.41) is 10.3. The van der Waals surface area contributed by atoms with Gasteiger partial charge in [-0.2, -0.15) is 0 Å². The molecule has 1 fully saturated rings. The number of carbonyl (C=O) groups is 1. The zero-order valence-electron chi connectivity index (χ0n) is 22.0. The Morgan fingerprint density at radius 3 is 2.21 bits per heavy atom. The Morgan fingerprint density at radius 2 is 1.71 bits per heavy atom. The van der Waals surface area contributed by atoms with Gasteiger partial charge in [0, 0.05) is 35.6 Å². The molecule has 186 valence electrons. The first-order valence-electron chi connectivity index (χ1n) is 12.2. The van der Waals surface area contributed by atoms with E-state index in [-0.39, 0.29) is 5.41 Å². The van der Waals surface area contributed by atoms with E-state index in [0.29, 0.717) is 17.9 Å². The standard InChI is InChI=1S/C28H40N2O4/c1-9-33-21-12-10-20(11-13-21)22-18(2)29-19(3)23(25(26(31)32)34-27(4,5)6)24(22)30-16-14-28(7,8)15-17-30/h10-13,25H,9,14-17H2,1-8H3,(H,31,32). The minimum Gasteiger partial charge on any atom is -0.494 e. The number of aliphatic carboxylic acids is 1. The number of pyridine rings is 1. The van der Waals surface area contributed by atoms with Crippen LogP contribution in [0.3, 0.4) is 0 Å². The van der Waals surface area contributed by atoms with E-state index in [0.717, 1.165) is 54.2 Å². The Labute approximate surface area is 204 Å². The number of hydrogen-bond acceptors (Lipinski definition) is 5. The van der Waals surface area contributed by atoms with Gasteiger partial charge in [0.25, 0.3) is 0 Å². The summed E-state index contributed by atoms with van der Waals surface area (Å²) in [4.78, 5) is 19.7. The van der Waals surface area contributed by atoms with Crippen LogP contribution in [-0.4, -0.2) is 41.4 Å². The highest BCUT2D eigenvalue weighted by Crippen LogP contribution is 2.45. The third kappa shape index (κ3) is 5.90. The van der Waals surface area contributed by atoms with Crippen LogP contribution in [0.1, 0.15) is 77.4 Å². The Hall–Kier alpha value is -2.60. The van der Waals surface area contributed by atoms with Gasteiger partial charge >= 0.3 is 5.97 Å². The summed E-state index contributed by atoms with van der Waals surface area (Å²) in [7, 11) is 0. The lowest BCUT2D eigenvalue weighted by Gasteiger charge is -2.41. The molecule has 0 bridgehead atoms. The maximum absolute atomic E-state index is 12.5. The van der Waals surface area contributed by atoms with Crippen molar-refractivity contribution in [2.24, 2.45) is 5.41 Å². The number of carboxylic acids is 1. The van der Waals surface area contributed by atoms with Crippen LogP contribution >= 0.6 is 0 Å². The van der Waals surface area contributed by atoms with Crippen molar-refractivity contribution in [3.05, 3.63) is 41.2 Å². The summed E-state index contributed by atoms with van der Waals surface area (Å²) in [6.07, 6.45) is 0.959. The second kappa shape index (κ2) is 9.95. The highest BCUT2D eigenvalue weighted by Gasteiger charge is 2.36. The molecule has 6 heteroatoms. The number of benzene rings is 1. The van der Waals surface area contributed by atoms with Crippen molar-refractivity contribution >= 4 is 11.7 Å². The molecule has 1 saturated heterocycles. The highest BCUT2D eigenvalue weighted by atomic mass is 16.5. The second-order valence-electron chi connectivity index (χ2n) is 11.0. The molecule has 3 rings (SSSR count). The molecule has 0 amide bonds. The number of piperidine rings is 1. The number of carboxylic acid groups (broad SMARTS) is 1. The summed E-state index contributed by atoms with van der Waals surface area (Å²) < 4.78 is 11.8.